The van der Waals surface area contributed by atoms with Crippen LogP contribution in [0.4, 0.5) is 4.79 Å². The van der Waals surface area contributed by atoms with Crippen LogP contribution in [0, 0.1) is 23.7 Å². The van der Waals surface area contributed by atoms with Gasteiger partial charge in [0.15, 0.2) is 0 Å². The van der Waals surface area contributed by atoms with E-state index in [2.05, 4.69) is 22.8 Å². The average molecular weight is 329 g/mol. The van der Waals surface area contributed by atoms with Gasteiger partial charge < -0.3 is 15.1 Å². The Kier molecular flexibility index (Phi) is 3.63. The zero-order valence-electron chi connectivity index (χ0n) is 13.1. The van der Waals surface area contributed by atoms with Gasteiger partial charge in [0.2, 0.25) is 11.8 Å². The summed E-state index contributed by atoms with van der Waals surface area (Å²) >= 11 is 0. The number of imide groups is 1. The third-order valence-electron chi connectivity index (χ3n) is 5.19. The van der Waals surface area contributed by atoms with E-state index in [1.807, 2.05) is 0 Å². The predicted octanol–water partition coefficient (Wildman–Crippen LogP) is 0.886. The zero-order chi connectivity index (χ0) is 16.7. The molecule has 2 heterocycles. The number of likely N-dealkylation sites (tertiary alicyclic amines) is 1. The Morgan fingerprint density at radius 3 is 2.50 bits per heavy atom. The van der Waals surface area contributed by atoms with Crippen molar-refractivity contribution in [3.63, 3.8) is 0 Å². The SMILES string of the molecule is O=C(NCCN1C(=O)[C@H]2[C@H](C1=O)[C@H]1C=C[C@H]2C1)NCc1ccco1. The Morgan fingerprint density at radius 2 is 1.88 bits per heavy atom. The smallest absolute Gasteiger partial charge is 0.315 e. The largest absolute Gasteiger partial charge is 0.467 e. The molecular weight excluding hydrogens is 310 g/mol. The molecule has 3 aliphatic rings. The summed E-state index contributed by atoms with van der Waals surface area (Å²) in [6.07, 6.45) is 6.61. The number of hydrogen-bond acceptors (Lipinski definition) is 4. The number of hydrogen-bond donors (Lipinski definition) is 2. The van der Waals surface area contributed by atoms with Crippen LogP contribution in [0.5, 0.6) is 0 Å². The van der Waals surface area contributed by atoms with E-state index in [9.17, 15) is 14.4 Å². The number of rotatable bonds is 5. The molecule has 2 N–H and O–H groups in total. The molecule has 1 aliphatic heterocycles. The first-order valence-electron chi connectivity index (χ1n) is 8.23. The van der Waals surface area contributed by atoms with Crippen molar-refractivity contribution in [2.75, 3.05) is 13.1 Å². The molecule has 7 heteroatoms. The van der Waals surface area contributed by atoms with Crippen molar-refractivity contribution in [2.45, 2.75) is 13.0 Å². The molecule has 0 unspecified atom stereocenters. The summed E-state index contributed by atoms with van der Waals surface area (Å²) in [5.74, 6) is 0.558. The van der Waals surface area contributed by atoms with Crippen LogP contribution in [0.25, 0.3) is 0 Å². The summed E-state index contributed by atoms with van der Waals surface area (Å²) < 4.78 is 5.12. The molecular formula is C17H19N3O4. The first kappa shape index (κ1) is 15.0. The molecule has 4 atom stereocenters. The van der Waals surface area contributed by atoms with Crippen molar-refractivity contribution < 1.29 is 18.8 Å². The number of nitrogens with one attached hydrogen (secondary N) is 2. The van der Waals surface area contributed by atoms with Crippen LogP contribution in [-0.2, 0) is 16.1 Å². The maximum absolute atomic E-state index is 12.5. The average Bonchev–Trinajstić information content (AvgIpc) is 3.33. The maximum Gasteiger partial charge on any atom is 0.315 e. The minimum atomic E-state index is -0.354. The highest BCUT2D eigenvalue weighted by molar-refractivity contribution is 6.06. The summed E-state index contributed by atoms with van der Waals surface area (Å²) in [6.45, 7) is 0.752. The number of carbonyl (C=O) groups is 3. The van der Waals surface area contributed by atoms with Gasteiger partial charge in [0.05, 0.1) is 24.6 Å². The Bertz CT molecular complexity index is 667. The summed E-state index contributed by atoms with van der Waals surface area (Å²) in [7, 11) is 0. The highest BCUT2D eigenvalue weighted by Gasteiger charge is 2.58. The molecule has 4 rings (SSSR count). The molecule has 126 valence electrons. The Morgan fingerprint density at radius 1 is 1.17 bits per heavy atom. The van der Waals surface area contributed by atoms with Crippen LogP contribution in [0.15, 0.2) is 35.0 Å². The Balaban J connectivity index is 1.25. The van der Waals surface area contributed by atoms with E-state index in [1.165, 1.54) is 4.90 Å². The molecule has 2 fully saturated rings. The number of amides is 4. The number of fused-ring (bicyclic) bond motifs is 5. The van der Waals surface area contributed by atoms with E-state index in [0.29, 0.717) is 12.3 Å². The number of carbonyl (C=O) groups excluding carboxylic acids is 3. The highest BCUT2D eigenvalue weighted by atomic mass is 16.3. The van der Waals surface area contributed by atoms with Gasteiger partial charge in [-0.25, -0.2) is 4.79 Å². The first-order chi connectivity index (χ1) is 11.6. The summed E-state index contributed by atoms with van der Waals surface area (Å²) in [5.41, 5.74) is 0. The lowest BCUT2D eigenvalue weighted by molar-refractivity contribution is -0.140. The van der Waals surface area contributed by atoms with Gasteiger partial charge in [0.1, 0.15) is 5.76 Å². The number of urea groups is 1. The summed E-state index contributed by atoms with van der Waals surface area (Å²) in [6, 6.07) is 3.16. The van der Waals surface area contributed by atoms with Crippen LogP contribution >= 0.6 is 0 Å². The highest BCUT2D eigenvalue weighted by Crippen LogP contribution is 2.52. The molecule has 0 spiro atoms. The Hall–Kier alpha value is -2.57. The third-order valence-corrected chi connectivity index (χ3v) is 5.19. The fraction of sp³-hybridized carbons (Fsp3) is 0.471. The minimum absolute atomic E-state index is 0.0837. The van der Waals surface area contributed by atoms with E-state index in [1.54, 1.807) is 18.4 Å². The van der Waals surface area contributed by atoms with Crippen LogP contribution in [0.2, 0.25) is 0 Å². The van der Waals surface area contributed by atoms with Crippen LogP contribution in [0.1, 0.15) is 12.2 Å². The molecule has 1 saturated heterocycles. The summed E-state index contributed by atoms with van der Waals surface area (Å²) in [4.78, 5) is 38.0. The lowest BCUT2D eigenvalue weighted by atomic mass is 9.85. The van der Waals surface area contributed by atoms with Gasteiger partial charge in [-0.3, -0.25) is 14.5 Å². The van der Waals surface area contributed by atoms with Gasteiger partial charge in [0, 0.05) is 13.1 Å². The molecule has 2 aliphatic carbocycles. The third kappa shape index (κ3) is 2.40. The fourth-order valence-corrected chi connectivity index (χ4v) is 4.11. The second kappa shape index (κ2) is 5.81. The van der Waals surface area contributed by atoms with Crippen molar-refractivity contribution in [3.05, 3.63) is 36.3 Å². The predicted molar refractivity (Wildman–Crippen MR) is 83.4 cm³/mol. The Labute approximate surface area is 139 Å². The summed E-state index contributed by atoms with van der Waals surface area (Å²) in [5, 5.41) is 5.32. The molecule has 1 aromatic rings. The van der Waals surface area contributed by atoms with E-state index >= 15 is 0 Å². The molecule has 7 nitrogen and oxygen atoms in total. The lowest BCUT2D eigenvalue weighted by Gasteiger charge is -2.17. The molecule has 2 bridgehead atoms. The number of allylic oxidation sites excluding steroid dienone is 2. The lowest BCUT2D eigenvalue weighted by Crippen LogP contribution is -2.42. The van der Waals surface area contributed by atoms with Crippen molar-refractivity contribution in [1.82, 2.24) is 15.5 Å². The molecule has 1 aromatic heterocycles. The van der Waals surface area contributed by atoms with Gasteiger partial charge in [-0.05, 0) is 30.4 Å². The molecule has 1 saturated carbocycles. The van der Waals surface area contributed by atoms with E-state index in [-0.39, 0.29) is 54.6 Å². The van der Waals surface area contributed by atoms with Crippen molar-refractivity contribution in [3.8, 4) is 0 Å². The first-order valence-corrected chi connectivity index (χ1v) is 8.23. The van der Waals surface area contributed by atoms with Crippen molar-refractivity contribution in [2.24, 2.45) is 23.7 Å². The van der Waals surface area contributed by atoms with Gasteiger partial charge >= 0.3 is 6.03 Å². The van der Waals surface area contributed by atoms with Gasteiger partial charge in [-0.1, -0.05) is 12.2 Å². The van der Waals surface area contributed by atoms with Crippen LogP contribution < -0.4 is 10.6 Å². The van der Waals surface area contributed by atoms with E-state index in [0.717, 1.165) is 6.42 Å². The standard InChI is InChI=1S/C17H19N3O4/c21-15-13-10-3-4-11(8-10)14(13)16(22)20(15)6-5-18-17(23)19-9-12-2-1-7-24-12/h1-4,7,10-11,13-14H,5-6,8-9H2,(H2,18,19,23)/t10-,11-,13+,14+/m0/s1. The normalized spacial score (nSPS) is 30.1. The molecule has 0 aromatic carbocycles. The van der Waals surface area contributed by atoms with Gasteiger partial charge in [-0.15, -0.1) is 0 Å². The van der Waals surface area contributed by atoms with Crippen molar-refractivity contribution in [1.29, 1.82) is 0 Å². The molecule has 4 amide bonds. The van der Waals surface area contributed by atoms with Gasteiger partial charge in [0.25, 0.3) is 0 Å². The van der Waals surface area contributed by atoms with Crippen LogP contribution in [0.3, 0.4) is 0 Å². The van der Waals surface area contributed by atoms with E-state index < -0.39 is 0 Å². The van der Waals surface area contributed by atoms with Crippen LogP contribution in [-0.4, -0.2) is 35.8 Å². The topological polar surface area (TPSA) is 91.7 Å². The van der Waals surface area contributed by atoms with E-state index in [4.69, 9.17) is 4.42 Å². The fourth-order valence-electron chi connectivity index (χ4n) is 4.11. The van der Waals surface area contributed by atoms with Crippen molar-refractivity contribution >= 4 is 17.8 Å². The molecule has 0 radical (unpaired) electrons. The number of nitrogens with zero attached hydrogens (tertiary/aromatic N) is 1. The minimum Gasteiger partial charge on any atom is -0.467 e. The molecule has 24 heavy (non-hydrogen) atoms. The zero-order valence-corrected chi connectivity index (χ0v) is 13.1. The number of furan rings is 1. The second-order valence-corrected chi connectivity index (χ2v) is 6.52. The maximum atomic E-state index is 12.5. The quantitative estimate of drug-likeness (QED) is 0.620. The monoisotopic (exact) mass is 329 g/mol. The second-order valence-electron chi connectivity index (χ2n) is 6.52. The van der Waals surface area contributed by atoms with Gasteiger partial charge in [-0.2, -0.15) is 0 Å².